The van der Waals surface area contributed by atoms with Gasteiger partial charge in [0, 0.05) is 12.8 Å². The highest BCUT2D eigenvalue weighted by Crippen LogP contribution is 2.16. The van der Waals surface area contributed by atoms with Crippen molar-refractivity contribution in [2.75, 3.05) is 47.5 Å². The van der Waals surface area contributed by atoms with Crippen LogP contribution in [0.4, 0.5) is 0 Å². The fourth-order valence-electron chi connectivity index (χ4n) is 8.51. The molecule has 9 heteroatoms. The van der Waals surface area contributed by atoms with E-state index < -0.39 is 24.3 Å². The van der Waals surface area contributed by atoms with Crippen molar-refractivity contribution < 1.29 is 42.9 Å². The number of carbonyl (C=O) groups is 3. The summed E-state index contributed by atoms with van der Waals surface area (Å²) in [6, 6.07) is 0. The Morgan fingerprint density at radius 2 is 0.667 bits per heavy atom. The van der Waals surface area contributed by atoms with Gasteiger partial charge < -0.3 is 28.5 Å². The molecule has 0 saturated heterocycles. The van der Waals surface area contributed by atoms with E-state index in [-0.39, 0.29) is 38.6 Å². The van der Waals surface area contributed by atoms with Crippen LogP contribution in [0.15, 0.2) is 134 Å². The van der Waals surface area contributed by atoms with Gasteiger partial charge in [0.1, 0.15) is 13.2 Å². The van der Waals surface area contributed by atoms with Crippen LogP contribution in [0.2, 0.25) is 0 Å². The predicted molar refractivity (Wildman–Crippen MR) is 345 cm³/mol. The molecule has 0 fully saturated rings. The van der Waals surface area contributed by atoms with Crippen LogP contribution in [0.1, 0.15) is 245 Å². The minimum absolute atomic E-state index is 0.176. The normalized spacial score (nSPS) is 13.6. The van der Waals surface area contributed by atoms with Crippen LogP contribution >= 0.6 is 0 Å². The molecule has 2 unspecified atom stereocenters. The van der Waals surface area contributed by atoms with Crippen LogP contribution in [0.25, 0.3) is 0 Å². The van der Waals surface area contributed by atoms with Crippen molar-refractivity contribution in [3.05, 3.63) is 134 Å². The molecule has 0 aliphatic carbocycles. The lowest BCUT2D eigenvalue weighted by Crippen LogP contribution is -2.40. The fraction of sp³-hybridized carbons (Fsp3) is 0.653. The van der Waals surface area contributed by atoms with Gasteiger partial charge in [-0.1, -0.05) is 257 Å². The van der Waals surface area contributed by atoms with Crippen molar-refractivity contribution >= 4 is 17.9 Å². The molecule has 0 heterocycles. The Bertz CT molecular complexity index is 1790. The van der Waals surface area contributed by atoms with Gasteiger partial charge in [-0.3, -0.25) is 9.59 Å². The van der Waals surface area contributed by atoms with Crippen molar-refractivity contribution in [1.29, 1.82) is 0 Å². The number of likely N-dealkylation sites (N-methyl/N-ethyl adjacent to an activating group) is 1. The number of allylic oxidation sites excluding steroid dienone is 22. The number of hydrogen-bond donors (Lipinski definition) is 1. The van der Waals surface area contributed by atoms with Crippen LogP contribution < -0.4 is 0 Å². The summed E-state index contributed by atoms with van der Waals surface area (Å²) in [5, 5.41) is 9.70. The van der Waals surface area contributed by atoms with Crippen LogP contribution in [-0.2, 0) is 33.3 Å². The Hall–Kier alpha value is -4.57. The molecule has 0 aromatic carbocycles. The van der Waals surface area contributed by atoms with Gasteiger partial charge in [-0.05, 0) is 109 Å². The molecule has 0 saturated carbocycles. The molecule has 1 N–H and O–H groups in total. The van der Waals surface area contributed by atoms with E-state index in [9.17, 15) is 19.5 Å². The third-order valence-corrected chi connectivity index (χ3v) is 13.4. The van der Waals surface area contributed by atoms with Gasteiger partial charge in [0.05, 0.1) is 34.4 Å². The highest BCUT2D eigenvalue weighted by molar-refractivity contribution is 5.71. The molecule has 460 valence electrons. The molecule has 0 amide bonds. The van der Waals surface area contributed by atoms with Gasteiger partial charge in [-0.25, -0.2) is 4.79 Å². The fourth-order valence-corrected chi connectivity index (χ4v) is 8.51. The lowest BCUT2D eigenvalue weighted by atomic mass is 10.0. The van der Waals surface area contributed by atoms with Crippen LogP contribution in [-0.4, -0.2) is 87.4 Å². The van der Waals surface area contributed by atoms with E-state index in [1.165, 1.54) is 109 Å². The summed E-state index contributed by atoms with van der Waals surface area (Å²) in [4.78, 5) is 37.4. The summed E-state index contributed by atoms with van der Waals surface area (Å²) in [5.74, 6) is -2.07. The monoisotopic (exact) mass is 1130 g/mol. The average Bonchev–Trinajstić information content (AvgIpc) is 3.44. The first-order valence-electron chi connectivity index (χ1n) is 32.3. The van der Waals surface area contributed by atoms with Crippen LogP contribution in [0.3, 0.4) is 0 Å². The lowest BCUT2D eigenvalue weighted by molar-refractivity contribution is -0.870. The Kier molecular flexibility index (Phi) is 58.0. The highest BCUT2D eigenvalue weighted by atomic mass is 16.7. The summed E-state index contributed by atoms with van der Waals surface area (Å²) in [6.45, 7) is 4.59. The van der Waals surface area contributed by atoms with E-state index in [0.29, 0.717) is 23.9 Å². The SMILES string of the molecule is CC/C=C\C/C=C\C/C=C\C/C=C\C/C=C\C/C=C\C/C=C\CCCCCCCCCCCCCCCCCCCCCC(=O)OC(COC(=O)CCCC/C=C\C/C=C\C/C=C\C/C=C\CC)COC(OCC[N+](C)(C)C)C(=O)O. The predicted octanol–water partition coefficient (Wildman–Crippen LogP) is 19.8. The number of aliphatic carboxylic acids is 1. The molecular formula is C72H120NO8+. The van der Waals surface area contributed by atoms with E-state index in [1.54, 1.807) is 0 Å². The van der Waals surface area contributed by atoms with Crippen LogP contribution in [0, 0.1) is 0 Å². The average molecular weight is 1130 g/mol. The number of carboxylic acid groups (broad SMARTS) is 1. The van der Waals surface area contributed by atoms with Crippen molar-refractivity contribution in [2.24, 2.45) is 0 Å². The van der Waals surface area contributed by atoms with E-state index in [1.807, 2.05) is 21.1 Å². The molecule has 9 nitrogen and oxygen atoms in total. The maximum absolute atomic E-state index is 12.9. The maximum Gasteiger partial charge on any atom is 0.361 e. The second-order valence-corrected chi connectivity index (χ2v) is 22.3. The Morgan fingerprint density at radius 3 is 1.01 bits per heavy atom. The zero-order chi connectivity index (χ0) is 59.1. The molecule has 0 rings (SSSR count). The van der Waals surface area contributed by atoms with Gasteiger partial charge in [0.2, 0.25) is 0 Å². The molecule has 0 bridgehead atoms. The summed E-state index contributed by atoms with van der Waals surface area (Å²) in [6.07, 6.45) is 85.7. The quantitative estimate of drug-likeness (QED) is 0.0211. The van der Waals surface area contributed by atoms with Gasteiger partial charge in [-0.15, -0.1) is 0 Å². The third-order valence-electron chi connectivity index (χ3n) is 13.4. The molecular weight excluding hydrogens is 1010 g/mol. The van der Waals surface area contributed by atoms with E-state index in [4.69, 9.17) is 18.9 Å². The summed E-state index contributed by atoms with van der Waals surface area (Å²) in [5.41, 5.74) is 0. The molecule has 0 aliphatic rings. The van der Waals surface area contributed by atoms with E-state index in [2.05, 4.69) is 148 Å². The zero-order valence-electron chi connectivity index (χ0n) is 52.4. The number of ether oxygens (including phenoxy) is 4. The largest absolute Gasteiger partial charge is 0.477 e. The summed E-state index contributed by atoms with van der Waals surface area (Å²) in [7, 11) is 5.95. The molecule has 0 aliphatic heterocycles. The van der Waals surface area contributed by atoms with Crippen LogP contribution in [0.5, 0.6) is 0 Å². The van der Waals surface area contributed by atoms with Crippen molar-refractivity contribution in [3.8, 4) is 0 Å². The molecule has 0 aromatic heterocycles. The number of carbonyl (C=O) groups excluding carboxylic acids is 2. The number of rotatable bonds is 58. The summed E-state index contributed by atoms with van der Waals surface area (Å²) >= 11 is 0. The highest BCUT2D eigenvalue weighted by Gasteiger charge is 2.25. The maximum atomic E-state index is 12.9. The number of carboxylic acids is 1. The smallest absolute Gasteiger partial charge is 0.361 e. The number of hydrogen-bond acceptors (Lipinski definition) is 7. The molecule has 2 atom stereocenters. The third kappa shape index (κ3) is 62.9. The molecule has 81 heavy (non-hydrogen) atoms. The van der Waals surface area contributed by atoms with Crippen molar-refractivity contribution in [1.82, 2.24) is 0 Å². The standard InChI is InChI=1S/C72H119NO8/c1-6-8-10-12-14-16-18-20-22-23-24-25-26-27-28-29-30-31-32-33-34-35-36-37-38-39-40-41-42-43-44-45-46-47-49-51-53-55-57-59-61-63-70(75)81-68(67-80-72(71(76)77)78-65-64-73(3,4)5)66-79-69(74)62-60-58-56-54-52-50-48-21-19-17-15-13-11-9-7-2/h8-11,14-17,20-22,24-25,27-28,30-31,33-34,48,52,54,68,72H,6-7,12-13,18-19,23,26,29,32,35-47,49-51,53,55-67H2,1-5H3/p+1/b10-8-,11-9-,16-14-,17-15-,22-20-,25-24-,28-27-,31-30-,34-33-,48-21-,54-52-. The lowest BCUT2D eigenvalue weighted by Gasteiger charge is -2.25. The Labute approximate surface area is 497 Å². The Balaban J connectivity index is 4.04. The summed E-state index contributed by atoms with van der Waals surface area (Å²) < 4.78 is 22.8. The van der Waals surface area contributed by atoms with E-state index >= 15 is 0 Å². The van der Waals surface area contributed by atoms with Gasteiger partial charge in [0.15, 0.2) is 6.10 Å². The minimum atomic E-state index is -1.52. The van der Waals surface area contributed by atoms with Crippen molar-refractivity contribution in [3.63, 3.8) is 0 Å². The second-order valence-electron chi connectivity index (χ2n) is 22.3. The second kappa shape index (κ2) is 61.5. The molecule has 0 radical (unpaired) electrons. The van der Waals surface area contributed by atoms with Gasteiger partial charge in [-0.2, -0.15) is 0 Å². The first-order chi connectivity index (χ1) is 39.6. The first-order valence-corrected chi connectivity index (χ1v) is 32.3. The molecule has 0 aromatic rings. The Morgan fingerprint density at radius 1 is 0.370 bits per heavy atom. The number of nitrogens with zero attached hydrogens (tertiary/aromatic N) is 1. The topological polar surface area (TPSA) is 108 Å². The van der Waals surface area contributed by atoms with E-state index in [0.717, 1.165) is 96.3 Å². The number of unbranched alkanes of at least 4 members (excludes halogenated alkanes) is 21. The first kappa shape index (κ1) is 76.4. The molecule has 0 spiro atoms. The number of quaternary nitrogens is 1. The van der Waals surface area contributed by atoms with Crippen molar-refractivity contribution in [2.45, 2.75) is 257 Å². The van der Waals surface area contributed by atoms with Gasteiger partial charge >= 0.3 is 17.9 Å². The number of esters is 2. The van der Waals surface area contributed by atoms with Gasteiger partial charge in [0.25, 0.3) is 6.29 Å². The zero-order valence-corrected chi connectivity index (χ0v) is 52.4. The minimum Gasteiger partial charge on any atom is -0.477 e.